The minimum atomic E-state index is -0.282. The maximum Gasteiger partial charge on any atom is 0.238 e. The maximum absolute atomic E-state index is 13.9. The Bertz CT molecular complexity index is 976. The summed E-state index contributed by atoms with van der Waals surface area (Å²) in [7, 11) is 1.87. The van der Waals surface area contributed by atoms with Gasteiger partial charge in [-0.05, 0) is 51.1 Å². The first kappa shape index (κ1) is 20.2. The zero-order valence-electron chi connectivity index (χ0n) is 16.5. The Kier molecular flexibility index (Phi) is 6.21. The van der Waals surface area contributed by atoms with Crippen LogP contribution in [0.1, 0.15) is 21.7 Å². The molecular formula is C22H24FN3OS. The fourth-order valence-corrected chi connectivity index (χ4v) is 4.14. The largest absolute Gasteiger partial charge is 0.324 e. The molecule has 2 aromatic carbocycles. The Morgan fingerprint density at radius 3 is 2.54 bits per heavy atom. The number of hydrogen-bond acceptors (Lipinski definition) is 4. The topological polar surface area (TPSA) is 45.2 Å². The van der Waals surface area contributed by atoms with E-state index in [2.05, 4.69) is 22.4 Å². The third kappa shape index (κ3) is 4.82. The molecule has 0 saturated heterocycles. The predicted molar refractivity (Wildman–Crippen MR) is 113 cm³/mol. The third-order valence-corrected chi connectivity index (χ3v) is 5.30. The lowest BCUT2D eigenvalue weighted by molar-refractivity contribution is -0.117. The van der Waals surface area contributed by atoms with Crippen LogP contribution in [0.2, 0.25) is 0 Å². The number of aryl methyl sites for hydroxylation is 3. The van der Waals surface area contributed by atoms with Crippen LogP contribution in [-0.4, -0.2) is 29.4 Å². The second-order valence-corrected chi connectivity index (χ2v) is 8.04. The molecule has 1 aromatic heterocycles. The first-order valence-electron chi connectivity index (χ1n) is 9.09. The lowest BCUT2D eigenvalue weighted by Gasteiger charge is -2.17. The summed E-state index contributed by atoms with van der Waals surface area (Å²) in [5.41, 5.74) is 5.29. The standard InChI is InChI=1S/C22H24FN3OS/c1-14-9-15(2)22(16(3)10-14)25-20(27)11-26(4)12-21-24-19(13-28-21)17-7-5-6-8-18(17)23/h5-10,13H,11-12H2,1-4H3,(H,25,27). The van der Waals surface area contributed by atoms with Gasteiger partial charge in [0.15, 0.2) is 0 Å². The molecule has 3 rings (SSSR count). The van der Waals surface area contributed by atoms with Crippen molar-refractivity contribution in [3.05, 3.63) is 69.3 Å². The van der Waals surface area contributed by atoms with Gasteiger partial charge in [0, 0.05) is 16.6 Å². The first-order chi connectivity index (χ1) is 13.3. The number of nitrogens with zero attached hydrogens (tertiary/aromatic N) is 2. The van der Waals surface area contributed by atoms with Crippen LogP contribution >= 0.6 is 11.3 Å². The average Bonchev–Trinajstić information content (AvgIpc) is 3.06. The lowest BCUT2D eigenvalue weighted by Crippen LogP contribution is -2.30. The molecule has 0 saturated carbocycles. The number of carbonyl (C=O) groups excluding carboxylic acids is 1. The molecule has 3 aromatic rings. The molecule has 28 heavy (non-hydrogen) atoms. The quantitative estimate of drug-likeness (QED) is 0.640. The van der Waals surface area contributed by atoms with E-state index in [4.69, 9.17) is 0 Å². The number of benzene rings is 2. The van der Waals surface area contributed by atoms with Gasteiger partial charge in [0.25, 0.3) is 0 Å². The van der Waals surface area contributed by atoms with Crippen molar-refractivity contribution < 1.29 is 9.18 Å². The zero-order chi connectivity index (χ0) is 20.3. The van der Waals surface area contributed by atoms with Crippen LogP contribution in [0.15, 0.2) is 41.8 Å². The molecule has 4 nitrogen and oxygen atoms in total. The summed E-state index contributed by atoms with van der Waals surface area (Å²) in [6, 6.07) is 10.7. The summed E-state index contributed by atoms with van der Waals surface area (Å²) >= 11 is 1.47. The van der Waals surface area contributed by atoms with Gasteiger partial charge < -0.3 is 5.32 Å². The monoisotopic (exact) mass is 397 g/mol. The molecule has 6 heteroatoms. The molecule has 146 valence electrons. The highest BCUT2D eigenvalue weighted by atomic mass is 32.1. The van der Waals surface area contributed by atoms with Gasteiger partial charge in [-0.15, -0.1) is 11.3 Å². The van der Waals surface area contributed by atoms with Gasteiger partial charge in [0.2, 0.25) is 5.91 Å². The van der Waals surface area contributed by atoms with Gasteiger partial charge in [-0.25, -0.2) is 9.37 Å². The highest BCUT2D eigenvalue weighted by Crippen LogP contribution is 2.25. The Labute approximate surface area is 169 Å². The molecule has 0 aliphatic carbocycles. The number of carbonyl (C=O) groups is 1. The molecule has 0 bridgehead atoms. The second-order valence-electron chi connectivity index (χ2n) is 7.10. The van der Waals surface area contributed by atoms with Crippen LogP contribution in [0.25, 0.3) is 11.3 Å². The smallest absolute Gasteiger partial charge is 0.238 e. The van der Waals surface area contributed by atoms with Gasteiger partial charge in [0.1, 0.15) is 10.8 Å². The molecule has 0 spiro atoms. The molecule has 1 amide bonds. The van der Waals surface area contributed by atoms with Crippen LogP contribution in [-0.2, 0) is 11.3 Å². The molecule has 0 aliphatic heterocycles. The van der Waals surface area contributed by atoms with Crippen molar-refractivity contribution in [2.75, 3.05) is 18.9 Å². The number of hydrogen-bond donors (Lipinski definition) is 1. The fourth-order valence-electron chi connectivity index (χ4n) is 3.26. The van der Waals surface area contributed by atoms with Crippen molar-refractivity contribution in [2.45, 2.75) is 27.3 Å². The summed E-state index contributed by atoms with van der Waals surface area (Å²) in [6.45, 7) is 6.82. The summed E-state index contributed by atoms with van der Waals surface area (Å²) < 4.78 is 13.9. The van der Waals surface area contributed by atoms with Gasteiger partial charge in [-0.2, -0.15) is 0 Å². The van der Waals surface area contributed by atoms with Gasteiger partial charge >= 0.3 is 0 Å². The van der Waals surface area contributed by atoms with Crippen molar-refractivity contribution in [1.29, 1.82) is 0 Å². The second kappa shape index (κ2) is 8.63. The highest BCUT2D eigenvalue weighted by Gasteiger charge is 2.14. The van der Waals surface area contributed by atoms with Crippen molar-refractivity contribution in [2.24, 2.45) is 0 Å². The van der Waals surface area contributed by atoms with E-state index in [-0.39, 0.29) is 18.3 Å². The summed E-state index contributed by atoms with van der Waals surface area (Å²) in [5.74, 6) is -0.348. The lowest BCUT2D eigenvalue weighted by atomic mass is 10.1. The van der Waals surface area contributed by atoms with Crippen LogP contribution in [0.3, 0.4) is 0 Å². The Hall–Kier alpha value is -2.57. The van der Waals surface area contributed by atoms with E-state index >= 15 is 0 Å². The number of anilines is 1. The number of rotatable bonds is 6. The van der Waals surface area contributed by atoms with E-state index in [1.807, 2.05) is 38.1 Å². The molecule has 1 heterocycles. The maximum atomic E-state index is 13.9. The Balaban J connectivity index is 1.61. The van der Waals surface area contributed by atoms with E-state index in [1.165, 1.54) is 23.0 Å². The number of amides is 1. The van der Waals surface area contributed by atoms with Crippen LogP contribution < -0.4 is 5.32 Å². The van der Waals surface area contributed by atoms with Crippen LogP contribution in [0.4, 0.5) is 10.1 Å². The van der Waals surface area contributed by atoms with E-state index in [0.29, 0.717) is 17.8 Å². The number of halogens is 1. The van der Waals surface area contributed by atoms with E-state index < -0.39 is 0 Å². The van der Waals surface area contributed by atoms with Crippen molar-refractivity contribution in [3.8, 4) is 11.3 Å². The minimum Gasteiger partial charge on any atom is -0.324 e. The number of nitrogens with one attached hydrogen (secondary N) is 1. The third-order valence-electron chi connectivity index (χ3n) is 4.46. The molecule has 0 aliphatic rings. The van der Waals surface area contributed by atoms with Crippen LogP contribution in [0, 0.1) is 26.6 Å². The Morgan fingerprint density at radius 1 is 1.18 bits per heavy atom. The van der Waals surface area contributed by atoms with E-state index in [9.17, 15) is 9.18 Å². The number of aromatic nitrogens is 1. The van der Waals surface area contributed by atoms with Crippen molar-refractivity contribution in [1.82, 2.24) is 9.88 Å². The van der Waals surface area contributed by atoms with Crippen molar-refractivity contribution in [3.63, 3.8) is 0 Å². The summed E-state index contributed by atoms with van der Waals surface area (Å²) in [5, 5.41) is 5.71. The Morgan fingerprint density at radius 2 is 1.86 bits per heavy atom. The van der Waals surface area contributed by atoms with E-state index in [1.54, 1.807) is 18.2 Å². The molecule has 0 radical (unpaired) electrons. The first-order valence-corrected chi connectivity index (χ1v) is 9.97. The molecule has 0 fully saturated rings. The highest BCUT2D eigenvalue weighted by molar-refractivity contribution is 7.09. The zero-order valence-corrected chi connectivity index (χ0v) is 17.4. The summed E-state index contributed by atoms with van der Waals surface area (Å²) in [6.07, 6.45) is 0. The molecule has 0 unspecified atom stereocenters. The fraction of sp³-hybridized carbons (Fsp3) is 0.273. The predicted octanol–water partition coefficient (Wildman–Crippen LogP) is 4.94. The molecule has 1 N–H and O–H groups in total. The number of likely N-dealkylation sites (N-methyl/N-ethyl adjacent to an activating group) is 1. The molecular weight excluding hydrogens is 373 g/mol. The van der Waals surface area contributed by atoms with Gasteiger partial charge in [-0.3, -0.25) is 9.69 Å². The van der Waals surface area contributed by atoms with Crippen molar-refractivity contribution >= 4 is 22.9 Å². The normalized spacial score (nSPS) is 11.1. The van der Waals surface area contributed by atoms with Gasteiger partial charge in [0.05, 0.1) is 18.8 Å². The average molecular weight is 398 g/mol. The molecule has 0 atom stereocenters. The minimum absolute atomic E-state index is 0.0663. The SMILES string of the molecule is Cc1cc(C)c(NC(=O)CN(C)Cc2nc(-c3ccccc3F)cs2)c(C)c1. The van der Waals surface area contributed by atoms with Crippen LogP contribution in [0.5, 0.6) is 0 Å². The van der Waals surface area contributed by atoms with E-state index in [0.717, 1.165) is 21.8 Å². The number of thiazole rings is 1. The summed E-state index contributed by atoms with van der Waals surface area (Å²) in [4.78, 5) is 18.9. The van der Waals surface area contributed by atoms with Gasteiger partial charge in [-0.1, -0.05) is 29.8 Å².